The molecule has 0 aliphatic carbocycles. The van der Waals surface area contributed by atoms with Crippen molar-refractivity contribution in [3.63, 3.8) is 0 Å². The number of ether oxygens (including phenoxy) is 2. The largest absolute Gasteiger partial charge is 0.496 e. The molecule has 0 saturated heterocycles. The van der Waals surface area contributed by atoms with Gasteiger partial charge in [-0.05, 0) is 29.8 Å². The average Bonchev–Trinajstić information content (AvgIpc) is 2.68. The fraction of sp³-hybridized carbons (Fsp3) is 0.143. The lowest BCUT2D eigenvalue weighted by molar-refractivity contribution is 0.0145. The van der Waals surface area contributed by atoms with Crippen molar-refractivity contribution in [3.05, 3.63) is 94.5 Å². The molecule has 4 rings (SSSR count). The molecule has 1 aliphatic heterocycles. The number of hydrogen-bond acceptors (Lipinski definition) is 3. The molecular weight excluding hydrogens is 334 g/mol. The van der Waals surface area contributed by atoms with Crippen LogP contribution < -0.4 is 10.1 Å². The highest BCUT2D eigenvalue weighted by molar-refractivity contribution is 6.30. The van der Waals surface area contributed by atoms with Crippen LogP contribution in [0.2, 0.25) is 5.02 Å². The van der Waals surface area contributed by atoms with Crippen molar-refractivity contribution in [3.8, 4) is 5.75 Å². The highest BCUT2D eigenvalue weighted by Crippen LogP contribution is 2.43. The second-order valence-corrected chi connectivity index (χ2v) is 6.36. The Morgan fingerprint density at radius 3 is 2.32 bits per heavy atom. The highest BCUT2D eigenvalue weighted by Gasteiger charge is 2.30. The van der Waals surface area contributed by atoms with Crippen LogP contribution in [0.25, 0.3) is 0 Å². The highest BCUT2D eigenvalue weighted by atomic mass is 35.5. The quantitative estimate of drug-likeness (QED) is 0.668. The molecule has 0 fully saturated rings. The Kier molecular flexibility index (Phi) is 4.35. The number of para-hydroxylation sites is 2. The second-order valence-electron chi connectivity index (χ2n) is 5.92. The molecule has 1 N–H and O–H groups in total. The van der Waals surface area contributed by atoms with Crippen LogP contribution >= 0.6 is 11.6 Å². The molecule has 126 valence electrons. The fourth-order valence-corrected chi connectivity index (χ4v) is 3.30. The zero-order valence-corrected chi connectivity index (χ0v) is 14.5. The summed E-state index contributed by atoms with van der Waals surface area (Å²) >= 11 is 6.05. The first kappa shape index (κ1) is 16.0. The van der Waals surface area contributed by atoms with Gasteiger partial charge < -0.3 is 14.8 Å². The van der Waals surface area contributed by atoms with E-state index in [0.717, 1.165) is 28.1 Å². The summed E-state index contributed by atoms with van der Waals surface area (Å²) in [6.07, 6.45) is -0.476. The van der Waals surface area contributed by atoms with Gasteiger partial charge in [0.05, 0.1) is 7.11 Å². The van der Waals surface area contributed by atoms with Crippen molar-refractivity contribution in [2.24, 2.45) is 0 Å². The molecule has 0 unspecified atom stereocenters. The molecule has 1 heterocycles. The van der Waals surface area contributed by atoms with Crippen LogP contribution in [0.5, 0.6) is 5.75 Å². The number of halogens is 1. The maximum absolute atomic E-state index is 6.43. The van der Waals surface area contributed by atoms with Crippen molar-refractivity contribution in [1.29, 1.82) is 0 Å². The third-order valence-electron chi connectivity index (χ3n) is 4.40. The Hall–Kier alpha value is -2.49. The van der Waals surface area contributed by atoms with E-state index in [-0.39, 0.29) is 12.3 Å². The molecule has 1 aliphatic rings. The first-order valence-electron chi connectivity index (χ1n) is 8.15. The Labute approximate surface area is 152 Å². The molecule has 4 heteroatoms. The third-order valence-corrected chi connectivity index (χ3v) is 4.65. The van der Waals surface area contributed by atoms with Gasteiger partial charge in [-0.1, -0.05) is 60.1 Å². The van der Waals surface area contributed by atoms with Crippen molar-refractivity contribution in [1.82, 2.24) is 0 Å². The number of anilines is 1. The molecule has 0 saturated carbocycles. The number of fused-ring (bicyclic) bond motifs is 1. The van der Waals surface area contributed by atoms with Crippen LogP contribution in [-0.4, -0.2) is 7.11 Å². The van der Waals surface area contributed by atoms with Crippen molar-refractivity contribution >= 4 is 17.3 Å². The smallest absolute Gasteiger partial charge is 0.158 e. The zero-order chi connectivity index (χ0) is 17.2. The van der Waals surface area contributed by atoms with Gasteiger partial charge in [0.1, 0.15) is 11.9 Å². The van der Waals surface area contributed by atoms with Gasteiger partial charge in [-0.25, -0.2) is 0 Å². The van der Waals surface area contributed by atoms with Gasteiger partial charge in [0, 0.05) is 21.8 Å². The van der Waals surface area contributed by atoms with E-state index in [0.29, 0.717) is 5.02 Å². The molecule has 3 aromatic carbocycles. The lowest BCUT2D eigenvalue weighted by Crippen LogP contribution is -2.25. The summed E-state index contributed by atoms with van der Waals surface area (Å²) in [5.74, 6) is 0.800. The molecule has 0 bridgehead atoms. The second kappa shape index (κ2) is 6.79. The molecule has 3 nitrogen and oxygen atoms in total. The summed E-state index contributed by atoms with van der Waals surface area (Å²) in [4.78, 5) is 0. The SMILES string of the molecule is COc1ccccc1[C@H]1Nc2ccccc2[C@@H](c2ccc(Cl)cc2)O1. The first-order chi connectivity index (χ1) is 12.3. The van der Waals surface area contributed by atoms with E-state index in [1.54, 1.807) is 7.11 Å². The third kappa shape index (κ3) is 3.09. The standard InChI is InChI=1S/C21H18ClNO2/c1-24-19-9-5-3-7-17(19)21-23-18-8-4-2-6-16(18)20(25-21)14-10-12-15(22)13-11-14/h2-13,20-21,23H,1H3/t20-,21+/m1/s1. The molecule has 0 amide bonds. The molecule has 0 spiro atoms. The number of hydrogen-bond donors (Lipinski definition) is 1. The first-order valence-corrected chi connectivity index (χ1v) is 8.53. The molecule has 2 atom stereocenters. The Bertz CT molecular complexity index is 879. The summed E-state index contributed by atoms with van der Waals surface area (Å²) in [6, 6.07) is 23.9. The van der Waals surface area contributed by atoms with Crippen molar-refractivity contribution in [2.45, 2.75) is 12.3 Å². The average molecular weight is 352 g/mol. The topological polar surface area (TPSA) is 30.5 Å². The maximum atomic E-state index is 6.43. The molecule has 25 heavy (non-hydrogen) atoms. The Morgan fingerprint density at radius 2 is 1.56 bits per heavy atom. The Balaban J connectivity index is 1.77. The maximum Gasteiger partial charge on any atom is 0.158 e. The summed E-state index contributed by atoms with van der Waals surface area (Å²) < 4.78 is 11.9. The number of nitrogens with one attached hydrogen (secondary N) is 1. The van der Waals surface area contributed by atoms with Gasteiger partial charge in [0.15, 0.2) is 6.23 Å². The van der Waals surface area contributed by atoms with Crippen molar-refractivity contribution in [2.75, 3.05) is 12.4 Å². The minimum Gasteiger partial charge on any atom is -0.496 e. The van der Waals surface area contributed by atoms with Gasteiger partial charge in [0.2, 0.25) is 0 Å². The molecule has 3 aromatic rings. The van der Waals surface area contributed by atoms with Crippen LogP contribution in [0.15, 0.2) is 72.8 Å². The van der Waals surface area contributed by atoms with E-state index >= 15 is 0 Å². The lowest BCUT2D eigenvalue weighted by Gasteiger charge is -2.34. The molecular formula is C21H18ClNO2. The van der Waals surface area contributed by atoms with Crippen LogP contribution in [-0.2, 0) is 4.74 Å². The van der Waals surface area contributed by atoms with Crippen LogP contribution in [0.1, 0.15) is 29.0 Å². The summed E-state index contributed by atoms with van der Waals surface area (Å²) in [7, 11) is 1.67. The predicted molar refractivity (Wildman–Crippen MR) is 100 cm³/mol. The van der Waals surface area contributed by atoms with E-state index in [1.165, 1.54) is 0 Å². The summed E-state index contributed by atoms with van der Waals surface area (Å²) in [5, 5.41) is 4.19. The van der Waals surface area contributed by atoms with E-state index in [2.05, 4.69) is 17.4 Å². The fourth-order valence-electron chi connectivity index (χ4n) is 3.17. The monoisotopic (exact) mass is 351 g/mol. The predicted octanol–water partition coefficient (Wildman–Crippen LogP) is 5.58. The minimum absolute atomic E-state index is 0.176. The van der Waals surface area contributed by atoms with Crippen LogP contribution in [0.3, 0.4) is 0 Å². The number of methoxy groups -OCH3 is 1. The van der Waals surface area contributed by atoms with Gasteiger partial charge in [0.25, 0.3) is 0 Å². The summed E-state index contributed by atoms with van der Waals surface area (Å²) in [5.41, 5.74) is 4.21. The van der Waals surface area contributed by atoms with E-state index in [4.69, 9.17) is 21.1 Å². The number of benzene rings is 3. The van der Waals surface area contributed by atoms with E-state index in [9.17, 15) is 0 Å². The summed E-state index contributed by atoms with van der Waals surface area (Å²) in [6.45, 7) is 0. The van der Waals surface area contributed by atoms with Gasteiger partial charge in [-0.3, -0.25) is 0 Å². The Morgan fingerprint density at radius 1 is 0.880 bits per heavy atom. The zero-order valence-electron chi connectivity index (χ0n) is 13.8. The van der Waals surface area contributed by atoms with Gasteiger partial charge >= 0.3 is 0 Å². The van der Waals surface area contributed by atoms with Gasteiger partial charge in [-0.15, -0.1) is 0 Å². The molecule has 0 aromatic heterocycles. The van der Waals surface area contributed by atoms with Gasteiger partial charge in [-0.2, -0.15) is 0 Å². The van der Waals surface area contributed by atoms with E-state index in [1.807, 2.05) is 60.7 Å². The normalized spacial score (nSPS) is 19.0. The van der Waals surface area contributed by atoms with Crippen molar-refractivity contribution < 1.29 is 9.47 Å². The lowest BCUT2D eigenvalue weighted by atomic mass is 9.97. The van der Waals surface area contributed by atoms with E-state index < -0.39 is 0 Å². The van der Waals surface area contributed by atoms with Crippen LogP contribution in [0, 0.1) is 0 Å². The van der Waals surface area contributed by atoms with Crippen LogP contribution in [0.4, 0.5) is 5.69 Å². The number of rotatable bonds is 3. The molecule has 0 radical (unpaired) electrons. The minimum atomic E-state index is -0.299.